The largest absolute Gasteiger partial charge is 0.415 e. The van der Waals surface area contributed by atoms with Gasteiger partial charge < -0.3 is 15.0 Å². The minimum Gasteiger partial charge on any atom is -0.408 e. The maximum absolute atomic E-state index is 13.5. The van der Waals surface area contributed by atoms with Crippen LogP contribution in [0.25, 0.3) is 22.5 Å². The minimum atomic E-state index is -0.416. The molecule has 37 heavy (non-hydrogen) atoms. The first kappa shape index (κ1) is 24.2. The number of hydrogen-bond donors (Lipinski definition) is 1. The third-order valence-corrected chi connectivity index (χ3v) is 6.25. The lowest BCUT2D eigenvalue weighted by Gasteiger charge is -2.16. The molecule has 1 aliphatic rings. The van der Waals surface area contributed by atoms with Crippen molar-refractivity contribution in [2.24, 2.45) is 0 Å². The van der Waals surface area contributed by atoms with Crippen LogP contribution >= 0.6 is 0 Å². The molecule has 0 radical (unpaired) electrons. The number of carbonyl (C=O) groups excluding carboxylic acids is 2. The summed E-state index contributed by atoms with van der Waals surface area (Å²) in [5.41, 5.74) is 4.01. The Morgan fingerprint density at radius 2 is 1.81 bits per heavy atom. The summed E-state index contributed by atoms with van der Waals surface area (Å²) in [7, 11) is 1.60. The van der Waals surface area contributed by atoms with Crippen molar-refractivity contribution < 1.29 is 18.7 Å². The Morgan fingerprint density at radius 1 is 1.03 bits per heavy atom. The van der Waals surface area contributed by atoms with E-state index in [-0.39, 0.29) is 11.7 Å². The molecule has 0 unspecified atom stereocenters. The fourth-order valence-corrected chi connectivity index (χ4v) is 4.30. The summed E-state index contributed by atoms with van der Waals surface area (Å²) < 4.78 is 21.0. The molecular weight excluding hydrogens is 473 g/mol. The topological polar surface area (TPSA) is 89.3 Å². The molecule has 1 saturated heterocycles. The van der Waals surface area contributed by atoms with Gasteiger partial charge >= 0.3 is 6.09 Å². The van der Waals surface area contributed by atoms with Crippen molar-refractivity contribution in [3.8, 4) is 28.3 Å². The van der Waals surface area contributed by atoms with Crippen molar-refractivity contribution in [2.45, 2.75) is 19.4 Å². The molecule has 2 aromatic heterocycles. The normalized spacial score (nSPS) is 13.0. The van der Waals surface area contributed by atoms with Crippen molar-refractivity contribution in [2.75, 3.05) is 20.1 Å². The maximum Gasteiger partial charge on any atom is 0.415 e. The Hall–Kier alpha value is -4.53. The minimum absolute atomic E-state index is 0.155. The Labute approximate surface area is 213 Å². The number of carbonyl (C=O) groups is 2. The number of aromatic nitrogens is 3. The average molecular weight is 500 g/mol. The summed E-state index contributed by atoms with van der Waals surface area (Å²) in [5.74, 6) is -0.188. The van der Waals surface area contributed by atoms with Crippen molar-refractivity contribution >= 4 is 12.0 Å². The summed E-state index contributed by atoms with van der Waals surface area (Å²) >= 11 is 0. The summed E-state index contributed by atoms with van der Waals surface area (Å²) in [4.78, 5) is 30.9. The third kappa shape index (κ3) is 5.50. The first-order valence-corrected chi connectivity index (χ1v) is 12.1. The molecule has 0 bridgehead atoms. The lowest BCUT2D eigenvalue weighted by molar-refractivity contribution is 0.0963. The number of benzene rings is 2. The van der Waals surface area contributed by atoms with Gasteiger partial charge in [-0.3, -0.25) is 14.5 Å². The predicted octanol–water partition coefficient (Wildman–Crippen LogP) is 4.75. The van der Waals surface area contributed by atoms with Crippen LogP contribution in [0, 0.1) is 5.82 Å². The van der Waals surface area contributed by atoms with Crippen LogP contribution in [0.5, 0.6) is 5.75 Å². The zero-order valence-electron chi connectivity index (χ0n) is 20.4. The van der Waals surface area contributed by atoms with E-state index in [4.69, 9.17) is 9.84 Å². The van der Waals surface area contributed by atoms with Crippen LogP contribution in [0.2, 0.25) is 0 Å². The first-order valence-electron chi connectivity index (χ1n) is 12.1. The molecule has 188 valence electrons. The summed E-state index contributed by atoms with van der Waals surface area (Å²) in [6.07, 6.45) is 4.82. The summed E-state index contributed by atoms with van der Waals surface area (Å²) in [6.45, 7) is 1.78. The number of amides is 2. The quantitative estimate of drug-likeness (QED) is 0.413. The van der Waals surface area contributed by atoms with Crippen molar-refractivity contribution in [3.05, 3.63) is 90.0 Å². The molecule has 9 heteroatoms. The van der Waals surface area contributed by atoms with E-state index in [1.807, 2.05) is 30.5 Å². The molecule has 2 amide bonds. The van der Waals surface area contributed by atoms with Crippen LogP contribution in [0.4, 0.5) is 9.18 Å². The standard InChI is InChI=1S/C28H26FN5O3/c1-30-27(35)21-6-4-5-19(15-21)18-34-14-11-24(32-34)23-16-25(20-7-9-22(29)10-8-20)31-17-26(23)37-28(36)33-12-2-3-13-33/h4-11,14-17H,2-3,12-13,18H2,1H3,(H,30,35). The lowest BCUT2D eigenvalue weighted by Crippen LogP contribution is -2.30. The number of pyridine rings is 1. The Kier molecular flexibility index (Phi) is 6.93. The average Bonchev–Trinajstić information content (AvgIpc) is 3.62. The van der Waals surface area contributed by atoms with E-state index in [1.54, 1.807) is 40.9 Å². The number of rotatable bonds is 6. The molecule has 1 aliphatic heterocycles. The van der Waals surface area contributed by atoms with Crippen LogP contribution in [-0.4, -0.2) is 51.8 Å². The van der Waals surface area contributed by atoms with Gasteiger partial charge in [0.2, 0.25) is 0 Å². The van der Waals surface area contributed by atoms with Crippen molar-refractivity contribution in [1.29, 1.82) is 0 Å². The van der Waals surface area contributed by atoms with Gasteiger partial charge in [-0.25, -0.2) is 9.18 Å². The Bertz CT molecular complexity index is 1430. The zero-order chi connectivity index (χ0) is 25.8. The van der Waals surface area contributed by atoms with E-state index in [0.717, 1.165) is 24.0 Å². The van der Waals surface area contributed by atoms with Gasteiger partial charge in [0.1, 0.15) is 5.82 Å². The van der Waals surface area contributed by atoms with E-state index < -0.39 is 6.09 Å². The Balaban J connectivity index is 1.46. The highest BCUT2D eigenvalue weighted by molar-refractivity contribution is 5.94. The zero-order valence-corrected chi connectivity index (χ0v) is 20.4. The van der Waals surface area contributed by atoms with E-state index in [2.05, 4.69) is 10.3 Å². The number of ether oxygens (including phenoxy) is 1. The summed E-state index contributed by atoms with van der Waals surface area (Å²) in [6, 6.07) is 17.0. The highest BCUT2D eigenvalue weighted by Gasteiger charge is 2.22. The van der Waals surface area contributed by atoms with Crippen LogP contribution < -0.4 is 10.1 Å². The number of likely N-dealkylation sites (tertiary alicyclic amines) is 1. The van der Waals surface area contributed by atoms with E-state index in [0.29, 0.717) is 47.9 Å². The first-order chi connectivity index (χ1) is 18.0. The maximum atomic E-state index is 13.5. The molecule has 0 spiro atoms. The van der Waals surface area contributed by atoms with Gasteiger partial charge in [0.05, 0.1) is 24.1 Å². The van der Waals surface area contributed by atoms with Gasteiger partial charge in [-0.2, -0.15) is 5.10 Å². The SMILES string of the molecule is CNC(=O)c1cccc(Cn2ccc(-c3cc(-c4ccc(F)cc4)ncc3OC(=O)N3CCCC3)n2)c1. The van der Waals surface area contributed by atoms with Gasteiger partial charge in [0.15, 0.2) is 5.75 Å². The second-order valence-electron chi connectivity index (χ2n) is 8.81. The predicted molar refractivity (Wildman–Crippen MR) is 137 cm³/mol. The molecular formula is C28H26FN5O3. The smallest absolute Gasteiger partial charge is 0.408 e. The molecule has 2 aromatic carbocycles. The van der Waals surface area contributed by atoms with E-state index >= 15 is 0 Å². The molecule has 3 heterocycles. The molecule has 4 aromatic rings. The van der Waals surface area contributed by atoms with Gasteiger partial charge in [0.25, 0.3) is 5.91 Å². The van der Waals surface area contributed by atoms with Crippen molar-refractivity contribution in [3.63, 3.8) is 0 Å². The van der Waals surface area contributed by atoms with Crippen LogP contribution in [-0.2, 0) is 6.54 Å². The number of halogens is 1. The summed E-state index contributed by atoms with van der Waals surface area (Å²) in [5, 5.41) is 7.34. The fourth-order valence-electron chi connectivity index (χ4n) is 4.30. The number of hydrogen-bond acceptors (Lipinski definition) is 5. The molecule has 0 aliphatic carbocycles. The highest BCUT2D eigenvalue weighted by atomic mass is 19.1. The van der Waals surface area contributed by atoms with Crippen LogP contribution in [0.1, 0.15) is 28.8 Å². The van der Waals surface area contributed by atoms with E-state index in [1.165, 1.54) is 18.3 Å². The highest BCUT2D eigenvalue weighted by Crippen LogP contribution is 2.33. The van der Waals surface area contributed by atoms with Gasteiger partial charge in [0, 0.05) is 43.0 Å². The van der Waals surface area contributed by atoms with Gasteiger partial charge in [-0.1, -0.05) is 12.1 Å². The molecule has 1 N–H and O–H groups in total. The molecule has 5 rings (SSSR count). The third-order valence-electron chi connectivity index (χ3n) is 6.25. The van der Waals surface area contributed by atoms with E-state index in [9.17, 15) is 14.0 Å². The molecule has 1 fully saturated rings. The molecule has 0 atom stereocenters. The monoisotopic (exact) mass is 499 g/mol. The van der Waals surface area contributed by atoms with Gasteiger partial charge in [-0.05, 0) is 66.9 Å². The lowest BCUT2D eigenvalue weighted by atomic mass is 10.1. The number of nitrogens with one attached hydrogen (secondary N) is 1. The second-order valence-corrected chi connectivity index (χ2v) is 8.81. The molecule has 0 saturated carbocycles. The fraction of sp³-hybridized carbons (Fsp3) is 0.214. The number of nitrogens with zero attached hydrogens (tertiary/aromatic N) is 4. The Morgan fingerprint density at radius 3 is 2.57 bits per heavy atom. The molecule has 8 nitrogen and oxygen atoms in total. The van der Waals surface area contributed by atoms with Crippen LogP contribution in [0.3, 0.4) is 0 Å². The van der Waals surface area contributed by atoms with Gasteiger partial charge in [-0.15, -0.1) is 0 Å². The van der Waals surface area contributed by atoms with Crippen LogP contribution in [0.15, 0.2) is 73.1 Å². The second kappa shape index (κ2) is 10.6. The van der Waals surface area contributed by atoms with Crippen molar-refractivity contribution in [1.82, 2.24) is 25.0 Å².